The predicted molar refractivity (Wildman–Crippen MR) is 110 cm³/mol. The fourth-order valence-corrected chi connectivity index (χ4v) is 3.33. The lowest BCUT2D eigenvalue weighted by Crippen LogP contribution is -2.59. The second-order valence-corrected chi connectivity index (χ2v) is 8.37. The molecule has 7 N–H and O–H groups in total. The molecule has 0 radical (unpaired) electrons. The molecule has 0 amide bonds. The van der Waals surface area contributed by atoms with E-state index in [1.807, 2.05) is 19.9 Å². The molecule has 11 nitrogen and oxygen atoms in total. The van der Waals surface area contributed by atoms with Crippen molar-refractivity contribution in [3.8, 4) is 0 Å². The number of allylic oxidation sites excluding steroid dienone is 1. The monoisotopic (exact) mass is 464 g/mol. The maximum atomic E-state index is 10.2. The zero-order valence-corrected chi connectivity index (χ0v) is 18.5. The molecule has 0 aromatic heterocycles. The lowest BCUT2D eigenvalue weighted by Gasteiger charge is -2.40. The van der Waals surface area contributed by atoms with Gasteiger partial charge in [0.1, 0.15) is 42.7 Å². The van der Waals surface area contributed by atoms with Crippen molar-refractivity contribution < 1.29 is 54.7 Å². The maximum absolute atomic E-state index is 10.2. The quantitative estimate of drug-likeness (QED) is 0.177. The normalized spacial score (nSPS) is 39.2. The van der Waals surface area contributed by atoms with Gasteiger partial charge in [0.25, 0.3) is 0 Å². The Bertz CT molecular complexity index is 635. The first-order chi connectivity index (χ1) is 15.1. The molecule has 0 unspecified atom stereocenters. The molecule has 10 atom stereocenters. The fraction of sp³-hybridized carbons (Fsp3) is 0.810. The van der Waals surface area contributed by atoms with Crippen LogP contribution in [0.4, 0.5) is 0 Å². The van der Waals surface area contributed by atoms with E-state index in [0.29, 0.717) is 12.0 Å². The van der Waals surface area contributed by atoms with Crippen LogP contribution in [0.15, 0.2) is 23.3 Å². The number of hydrogen-bond acceptors (Lipinski definition) is 11. The van der Waals surface area contributed by atoms with Gasteiger partial charge in [-0.25, -0.2) is 0 Å². The van der Waals surface area contributed by atoms with E-state index in [4.69, 9.17) is 24.1 Å². The summed E-state index contributed by atoms with van der Waals surface area (Å²) in [6.07, 6.45) is -8.77. The van der Waals surface area contributed by atoms with Crippen LogP contribution in [0.3, 0.4) is 0 Å². The number of rotatable bonds is 10. The van der Waals surface area contributed by atoms with Gasteiger partial charge >= 0.3 is 0 Å². The Hall–Kier alpha value is -0.960. The molecule has 186 valence electrons. The molecule has 2 aliphatic heterocycles. The summed E-state index contributed by atoms with van der Waals surface area (Å²) in [7, 11) is 0. The Labute approximate surface area is 187 Å². The van der Waals surface area contributed by atoms with Gasteiger partial charge in [-0.3, -0.25) is 0 Å². The first kappa shape index (κ1) is 27.3. The van der Waals surface area contributed by atoms with Gasteiger partial charge in [-0.1, -0.05) is 17.7 Å². The van der Waals surface area contributed by atoms with Crippen molar-refractivity contribution in [2.45, 2.75) is 88.6 Å². The molecule has 0 aromatic carbocycles. The molecule has 0 aliphatic carbocycles. The highest BCUT2D eigenvalue weighted by Gasteiger charge is 2.47. The van der Waals surface area contributed by atoms with Crippen LogP contribution in [0, 0.1) is 0 Å². The summed E-state index contributed by atoms with van der Waals surface area (Å²) in [4.78, 5) is 0. The van der Waals surface area contributed by atoms with Crippen molar-refractivity contribution in [2.75, 3.05) is 19.8 Å². The Kier molecular flexibility index (Phi) is 10.6. The van der Waals surface area contributed by atoms with Crippen molar-refractivity contribution in [1.29, 1.82) is 0 Å². The highest BCUT2D eigenvalue weighted by molar-refractivity contribution is 5.08. The summed E-state index contributed by atoms with van der Waals surface area (Å²) < 4.78 is 21.5. The van der Waals surface area contributed by atoms with Crippen LogP contribution in [-0.2, 0) is 18.9 Å². The standard InChI is InChI=1S/C21H36O11/c1-10(2)4-5-12(23)11(3)6-7-29-20-19(28)17(26)16(25)14(32-20)9-30-21-18(27)15(24)13(8-22)31-21/h4,6,12-28H,5,7-9H2,1-3H3/b11-6+/t12-,13+,14+,15-,16-,17-,18-,19+,20+,21+/m0/s1. The largest absolute Gasteiger partial charge is 0.394 e. The Balaban J connectivity index is 1.90. The summed E-state index contributed by atoms with van der Waals surface area (Å²) >= 11 is 0. The van der Waals surface area contributed by atoms with Gasteiger partial charge in [0, 0.05) is 0 Å². The first-order valence-electron chi connectivity index (χ1n) is 10.6. The average Bonchev–Trinajstić information content (AvgIpc) is 3.04. The second kappa shape index (κ2) is 12.5. The van der Waals surface area contributed by atoms with E-state index in [1.54, 1.807) is 13.0 Å². The van der Waals surface area contributed by atoms with Crippen molar-refractivity contribution in [1.82, 2.24) is 0 Å². The second-order valence-electron chi connectivity index (χ2n) is 8.37. The molecule has 2 aliphatic rings. The number of hydrogen-bond donors (Lipinski definition) is 7. The summed E-state index contributed by atoms with van der Waals surface area (Å²) in [6.45, 7) is 4.71. The van der Waals surface area contributed by atoms with Crippen molar-refractivity contribution in [2.24, 2.45) is 0 Å². The Morgan fingerprint density at radius 3 is 1.97 bits per heavy atom. The van der Waals surface area contributed by atoms with E-state index in [9.17, 15) is 30.6 Å². The molecular formula is C21H36O11. The highest BCUT2D eigenvalue weighted by atomic mass is 16.7. The van der Waals surface area contributed by atoms with Gasteiger partial charge in [-0.2, -0.15) is 0 Å². The van der Waals surface area contributed by atoms with E-state index in [2.05, 4.69) is 0 Å². The van der Waals surface area contributed by atoms with E-state index < -0.39 is 68.0 Å². The minimum absolute atomic E-state index is 0.0232. The van der Waals surface area contributed by atoms with Crippen LogP contribution in [-0.4, -0.2) is 117 Å². The van der Waals surface area contributed by atoms with E-state index in [1.165, 1.54) is 0 Å². The Morgan fingerprint density at radius 1 is 0.812 bits per heavy atom. The zero-order valence-electron chi connectivity index (χ0n) is 18.5. The lowest BCUT2D eigenvalue weighted by molar-refractivity contribution is -0.308. The van der Waals surface area contributed by atoms with Crippen molar-refractivity contribution >= 4 is 0 Å². The zero-order chi connectivity index (χ0) is 24.0. The van der Waals surface area contributed by atoms with E-state index in [-0.39, 0.29) is 13.2 Å². The van der Waals surface area contributed by atoms with Gasteiger partial charge in [-0.05, 0) is 32.8 Å². The first-order valence-corrected chi connectivity index (χ1v) is 10.6. The average molecular weight is 465 g/mol. The molecule has 2 rings (SSSR count). The van der Waals surface area contributed by atoms with Gasteiger partial charge < -0.3 is 54.7 Å². The summed E-state index contributed by atoms with van der Waals surface area (Å²) in [5.41, 5.74) is 1.75. The molecule has 2 saturated heterocycles. The molecule has 11 heteroatoms. The number of ether oxygens (including phenoxy) is 4. The fourth-order valence-electron chi connectivity index (χ4n) is 3.33. The highest BCUT2D eigenvalue weighted by Crippen LogP contribution is 2.26. The van der Waals surface area contributed by atoms with Crippen LogP contribution in [0.1, 0.15) is 27.2 Å². The molecular weight excluding hydrogens is 428 g/mol. The minimum atomic E-state index is -1.58. The molecule has 0 saturated carbocycles. The van der Waals surface area contributed by atoms with Crippen LogP contribution >= 0.6 is 0 Å². The molecule has 0 aromatic rings. The molecule has 0 bridgehead atoms. The molecule has 2 heterocycles. The van der Waals surface area contributed by atoms with E-state index in [0.717, 1.165) is 5.57 Å². The van der Waals surface area contributed by atoms with Crippen LogP contribution < -0.4 is 0 Å². The predicted octanol–water partition coefficient (Wildman–Crippen LogP) is -2.07. The van der Waals surface area contributed by atoms with Gasteiger partial charge in [0.15, 0.2) is 12.6 Å². The molecule has 2 fully saturated rings. The van der Waals surface area contributed by atoms with Crippen LogP contribution in [0.5, 0.6) is 0 Å². The third-order valence-corrected chi connectivity index (χ3v) is 5.53. The third kappa shape index (κ3) is 7.02. The van der Waals surface area contributed by atoms with Crippen molar-refractivity contribution in [3.05, 3.63) is 23.3 Å². The van der Waals surface area contributed by atoms with Crippen LogP contribution in [0.2, 0.25) is 0 Å². The topological polar surface area (TPSA) is 179 Å². The van der Waals surface area contributed by atoms with Crippen LogP contribution in [0.25, 0.3) is 0 Å². The summed E-state index contributed by atoms with van der Waals surface area (Å²) in [5.74, 6) is 0. The van der Waals surface area contributed by atoms with Crippen molar-refractivity contribution in [3.63, 3.8) is 0 Å². The maximum Gasteiger partial charge on any atom is 0.187 e. The lowest BCUT2D eigenvalue weighted by atomic mass is 9.99. The summed E-state index contributed by atoms with van der Waals surface area (Å²) in [5, 5.41) is 69.4. The SMILES string of the molecule is CC(C)=CC[C@H](O)/C(C)=C/CO[C@@H]1O[C@H](CO[C@@H]2O[C@H](CO)[C@H](O)[C@@H]2O)[C@H](O)[C@H](O)[C@H]1O. The van der Waals surface area contributed by atoms with E-state index >= 15 is 0 Å². The van der Waals surface area contributed by atoms with Gasteiger partial charge in [0.05, 0.1) is 25.9 Å². The number of aliphatic hydroxyl groups excluding tert-OH is 7. The minimum Gasteiger partial charge on any atom is -0.394 e. The van der Waals surface area contributed by atoms with Gasteiger partial charge in [-0.15, -0.1) is 0 Å². The smallest absolute Gasteiger partial charge is 0.187 e. The number of aliphatic hydroxyl groups is 7. The Morgan fingerprint density at radius 2 is 1.38 bits per heavy atom. The molecule has 32 heavy (non-hydrogen) atoms. The summed E-state index contributed by atoms with van der Waals surface area (Å²) in [6, 6.07) is 0. The molecule has 0 spiro atoms. The van der Waals surface area contributed by atoms with Gasteiger partial charge in [0.2, 0.25) is 0 Å². The third-order valence-electron chi connectivity index (χ3n) is 5.53.